The molecule has 4 aliphatic rings. The highest BCUT2D eigenvalue weighted by atomic mass is 16.5. The van der Waals surface area contributed by atoms with Crippen LogP contribution in [0.1, 0.15) is 91.9 Å². The van der Waals surface area contributed by atoms with Gasteiger partial charge in [-0.15, -0.1) is 0 Å². The molecule has 5 N–H and O–H groups in total. The van der Waals surface area contributed by atoms with Gasteiger partial charge in [-0.05, 0) is 85.2 Å². The summed E-state index contributed by atoms with van der Waals surface area (Å²) in [6, 6.07) is 0. The van der Waals surface area contributed by atoms with Gasteiger partial charge in [0.25, 0.3) is 0 Å². The predicted octanol–water partition coefficient (Wildman–Crippen LogP) is 4.69. The Morgan fingerprint density at radius 2 is 1.77 bits per heavy atom. The zero-order valence-corrected chi connectivity index (χ0v) is 24.6. The maximum atomic E-state index is 10.8. The molecule has 4 rings (SSSR count). The average molecular weight is 547 g/mol. The van der Waals surface area contributed by atoms with Gasteiger partial charge in [-0.1, -0.05) is 71.3 Å². The first kappa shape index (κ1) is 30.9. The van der Waals surface area contributed by atoms with Gasteiger partial charge in [0, 0.05) is 5.92 Å². The van der Waals surface area contributed by atoms with Crippen LogP contribution in [0.3, 0.4) is 0 Å². The number of hydrogen-bond donors (Lipinski definition) is 5. The molecule has 4 fully saturated rings. The van der Waals surface area contributed by atoms with Gasteiger partial charge in [0.2, 0.25) is 0 Å². The van der Waals surface area contributed by atoms with Crippen molar-refractivity contribution < 1.29 is 30.3 Å². The molecule has 0 radical (unpaired) electrons. The number of hydrogen-bond acceptors (Lipinski definition) is 6. The van der Waals surface area contributed by atoms with Crippen LogP contribution >= 0.6 is 0 Å². The molecular weight excluding hydrogens is 492 g/mol. The van der Waals surface area contributed by atoms with Crippen molar-refractivity contribution in [2.45, 2.75) is 129 Å². The number of aliphatic hydroxyl groups excluding tert-OH is 5. The van der Waals surface area contributed by atoms with Crippen molar-refractivity contribution in [3.05, 3.63) is 35.5 Å². The third kappa shape index (κ3) is 6.42. The Labute approximate surface area is 235 Å². The molecule has 0 aromatic carbocycles. The maximum absolute atomic E-state index is 10.8. The number of allylic oxidation sites excluding steroid dienone is 3. The first-order valence-corrected chi connectivity index (χ1v) is 15.5. The Hall–Kier alpha value is -1.02. The monoisotopic (exact) mass is 546 g/mol. The van der Waals surface area contributed by atoms with E-state index in [2.05, 4.69) is 46.4 Å². The van der Waals surface area contributed by atoms with Crippen molar-refractivity contribution in [3.8, 4) is 0 Å². The van der Waals surface area contributed by atoms with Crippen molar-refractivity contribution >= 4 is 0 Å². The minimum Gasteiger partial charge on any atom is -0.394 e. The van der Waals surface area contributed by atoms with Crippen LogP contribution in [0.2, 0.25) is 0 Å². The largest absolute Gasteiger partial charge is 0.394 e. The number of fused-ring (bicyclic) bond motifs is 1. The lowest BCUT2D eigenvalue weighted by Gasteiger charge is -2.45. The zero-order valence-electron chi connectivity index (χ0n) is 24.6. The summed E-state index contributed by atoms with van der Waals surface area (Å²) in [5.74, 6) is 2.49. The van der Waals surface area contributed by atoms with E-state index in [4.69, 9.17) is 4.74 Å². The first-order valence-electron chi connectivity index (χ1n) is 15.5. The highest BCUT2D eigenvalue weighted by Gasteiger charge is 2.51. The van der Waals surface area contributed by atoms with Gasteiger partial charge in [0.15, 0.2) is 0 Å². The summed E-state index contributed by atoms with van der Waals surface area (Å²) in [5, 5.41) is 51.6. The third-order valence-electron chi connectivity index (χ3n) is 10.8. The Bertz CT molecular complexity index is 908. The summed E-state index contributed by atoms with van der Waals surface area (Å²) in [4.78, 5) is 0. The standard InChI is InChI=1S/C33H54O6/c1-19(2)8-6-9-20(3)26-13-14-27-22(10-7-15-33(26,27)5)11-12-23-16-24(35)17-25(21(23)4)32-31(38)30(37)29(36)28(18-34)39-32/h11-12,19-20,24-32,34-38H,4,6-10,13-18H2,1-3,5H3/b22-11?,23-12-/t20-,24-,25+,26-,27?,28-,29-,30+,31-,32+,33-/m1/s1. The molecule has 0 amide bonds. The van der Waals surface area contributed by atoms with Gasteiger partial charge in [0.1, 0.15) is 24.4 Å². The van der Waals surface area contributed by atoms with E-state index in [-0.39, 0.29) is 0 Å². The molecule has 0 spiro atoms. The van der Waals surface area contributed by atoms with Gasteiger partial charge >= 0.3 is 0 Å². The van der Waals surface area contributed by atoms with E-state index in [1.54, 1.807) is 0 Å². The zero-order chi connectivity index (χ0) is 28.5. The Morgan fingerprint density at radius 1 is 1.03 bits per heavy atom. The summed E-state index contributed by atoms with van der Waals surface area (Å²) in [6.07, 6.45) is 8.84. The summed E-state index contributed by atoms with van der Waals surface area (Å²) in [5.41, 5.74) is 3.61. The average Bonchev–Trinajstić information content (AvgIpc) is 3.25. The summed E-state index contributed by atoms with van der Waals surface area (Å²) < 4.78 is 5.85. The van der Waals surface area contributed by atoms with Crippen molar-refractivity contribution in [1.82, 2.24) is 0 Å². The molecule has 1 saturated heterocycles. The molecule has 3 saturated carbocycles. The van der Waals surface area contributed by atoms with Crippen LogP contribution in [-0.4, -0.2) is 68.8 Å². The fraction of sp³-hybridized carbons (Fsp3) is 0.818. The Morgan fingerprint density at radius 3 is 2.46 bits per heavy atom. The topological polar surface area (TPSA) is 110 Å². The summed E-state index contributed by atoms with van der Waals surface area (Å²) in [7, 11) is 0. The van der Waals surface area contributed by atoms with E-state index in [1.807, 2.05) is 0 Å². The highest BCUT2D eigenvalue weighted by Crippen LogP contribution is 2.60. The van der Waals surface area contributed by atoms with Crippen LogP contribution < -0.4 is 0 Å². The summed E-state index contributed by atoms with van der Waals surface area (Å²) >= 11 is 0. The van der Waals surface area contributed by atoms with Crippen LogP contribution in [0, 0.1) is 35.0 Å². The Balaban J connectivity index is 1.50. The van der Waals surface area contributed by atoms with Crippen molar-refractivity contribution in [2.75, 3.05) is 6.61 Å². The van der Waals surface area contributed by atoms with Gasteiger partial charge in [-0.3, -0.25) is 0 Å². The lowest BCUT2D eigenvalue weighted by atomic mass is 9.60. The van der Waals surface area contributed by atoms with Gasteiger partial charge in [-0.25, -0.2) is 0 Å². The first-order chi connectivity index (χ1) is 18.5. The smallest absolute Gasteiger partial charge is 0.111 e. The normalized spacial score (nSPS) is 44.3. The molecule has 0 aromatic rings. The van der Waals surface area contributed by atoms with Crippen molar-refractivity contribution in [1.29, 1.82) is 0 Å². The van der Waals surface area contributed by atoms with Crippen LogP contribution in [0.25, 0.3) is 0 Å². The lowest BCUT2D eigenvalue weighted by molar-refractivity contribution is -0.240. The molecule has 11 atom stereocenters. The highest BCUT2D eigenvalue weighted by molar-refractivity contribution is 5.39. The molecule has 1 heterocycles. The van der Waals surface area contributed by atoms with Crippen LogP contribution in [0.4, 0.5) is 0 Å². The Kier molecular flexibility index (Phi) is 10.2. The molecule has 6 nitrogen and oxygen atoms in total. The van der Waals surface area contributed by atoms with Gasteiger partial charge in [0.05, 0.1) is 18.8 Å². The fourth-order valence-corrected chi connectivity index (χ4v) is 8.58. The molecular formula is C33H54O6. The second-order valence-electron chi connectivity index (χ2n) is 13.9. The van der Waals surface area contributed by atoms with Gasteiger partial charge < -0.3 is 30.3 Å². The molecule has 0 aromatic heterocycles. The van der Waals surface area contributed by atoms with E-state index in [9.17, 15) is 25.5 Å². The fourth-order valence-electron chi connectivity index (χ4n) is 8.58. The third-order valence-corrected chi connectivity index (χ3v) is 10.8. The molecule has 1 unspecified atom stereocenters. The van der Waals surface area contributed by atoms with Crippen LogP contribution in [-0.2, 0) is 4.74 Å². The molecule has 1 aliphatic heterocycles. The second-order valence-corrected chi connectivity index (χ2v) is 13.9. The van der Waals surface area contributed by atoms with Crippen molar-refractivity contribution in [3.63, 3.8) is 0 Å². The number of rotatable bonds is 8. The van der Waals surface area contributed by atoms with Crippen LogP contribution in [0.5, 0.6) is 0 Å². The van der Waals surface area contributed by atoms with E-state index in [1.165, 1.54) is 50.5 Å². The quantitative estimate of drug-likeness (QED) is 0.302. The molecule has 39 heavy (non-hydrogen) atoms. The molecule has 222 valence electrons. The minimum absolute atomic E-state index is 0.349. The lowest BCUT2D eigenvalue weighted by Crippen LogP contribution is -2.61. The minimum atomic E-state index is -1.43. The van der Waals surface area contributed by atoms with Crippen molar-refractivity contribution in [2.24, 2.45) is 35.0 Å². The number of ether oxygens (including phenoxy) is 1. The SMILES string of the molecule is C=C1/C(=C\C=C2CCC[C@@]3(C)C2CC[C@@H]3[C@H](C)CCCC(C)C)C[C@@H](O)C[C@@H]1[C@@H]1O[C@H](CO)[C@@H](O)[C@H](O)[C@H]1O. The van der Waals surface area contributed by atoms with E-state index >= 15 is 0 Å². The molecule has 0 bridgehead atoms. The summed E-state index contributed by atoms with van der Waals surface area (Å²) in [6.45, 7) is 13.5. The molecule has 6 heteroatoms. The van der Waals surface area contributed by atoms with E-state index in [0.29, 0.717) is 24.2 Å². The van der Waals surface area contributed by atoms with E-state index < -0.39 is 49.1 Å². The predicted molar refractivity (Wildman–Crippen MR) is 154 cm³/mol. The number of aliphatic hydroxyl groups is 5. The van der Waals surface area contributed by atoms with Crippen LogP contribution in [0.15, 0.2) is 35.5 Å². The van der Waals surface area contributed by atoms with Gasteiger partial charge in [-0.2, -0.15) is 0 Å². The molecule has 3 aliphatic carbocycles. The maximum Gasteiger partial charge on any atom is 0.111 e. The van der Waals surface area contributed by atoms with E-state index in [0.717, 1.165) is 35.3 Å². The second kappa shape index (κ2) is 12.9.